The summed E-state index contributed by atoms with van der Waals surface area (Å²) in [5.74, 6) is 0. The van der Waals surface area contributed by atoms with Crippen LogP contribution >= 0.6 is 11.6 Å². The summed E-state index contributed by atoms with van der Waals surface area (Å²) in [5, 5.41) is 0. The second kappa shape index (κ2) is 2.34. The average molecular weight is 119 g/mol. The van der Waals surface area contributed by atoms with E-state index in [0.717, 1.165) is 13.0 Å². The maximum absolute atomic E-state index is 5.24. The molecule has 0 bridgehead atoms. The van der Waals surface area contributed by atoms with E-state index in [9.17, 15) is 0 Å². The van der Waals surface area contributed by atoms with Crippen LogP contribution in [0.3, 0.4) is 0 Å². The summed E-state index contributed by atoms with van der Waals surface area (Å²) in [6.45, 7) is 0.918. The zero-order chi connectivity index (χ0) is 5.11. The van der Waals surface area contributed by atoms with Crippen molar-refractivity contribution in [1.29, 1.82) is 0 Å². The van der Waals surface area contributed by atoms with Gasteiger partial charge in [-0.3, -0.25) is 0 Å². The smallest absolute Gasteiger partial charge is 0.0844 e. The quantitative estimate of drug-likeness (QED) is 0.501. The summed E-state index contributed by atoms with van der Waals surface area (Å²) in [7, 11) is 0. The number of hydrogen-bond acceptors (Lipinski definition) is 1. The lowest BCUT2D eigenvalue weighted by Gasteiger charge is -1.76. The van der Waals surface area contributed by atoms with Crippen LogP contribution in [0.4, 0.5) is 0 Å². The molecule has 1 aliphatic heterocycles. The van der Waals surface area contributed by atoms with Crippen molar-refractivity contribution in [3.05, 3.63) is 11.6 Å². The molecular weight excluding hydrogens is 112 g/mol. The zero-order valence-electron chi connectivity index (χ0n) is 3.93. The Balaban J connectivity index is 1.98. The van der Waals surface area contributed by atoms with Crippen molar-refractivity contribution in [1.82, 2.24) is 0 Å². The third kappa shape index (κ3) is 1.95. The third-order valence-corrected chi connectivity index (χ3v) is 1.07. The predicted molar refractivity (Wildman–Crippen MR) is 29.3 cm³/mol. The van der Waals surface area contributed by atoms with Crippen LogP contribution in [0.2, 0.25) is 0 Å². The first-order valence-corrected chi connectivity index (χ1v) is 2.74. The highest BCUT2D eigenvalue weighted by Crippen LogP contribution is 2.13. The Labute approximate surface area is 47.9 Å². The number of hydrogen-bond donors (Lipinski definition) is 0. The molecule has 1 fully saturated rings. The highest BCUT2D eigenvalue weighted by molar-refractivity contribution is 6.25. The van der Waals surface area contributed by atoms with Crippen molar-refractivity contribution in [2.45, 2.75) is 12.5 Å². The van der Waals surface area contributed by atoms with Crippen LogP contribution in [-0.2, 0) is 4.74 Å². The molecule has 0 aromatic heterocycles. The molecule has 1 aliphatic rings. The Morgan fingerprint density at radius 1 is 1.86 bits per heavy atom. The standard InChI is InChI=1S/C5H7ClO/c6-3-1-2-5-4-7-5/h1,3,5H,2,4H2/b3-1+. The molecule has 1 atom stereocenters. The monoisotopic (exact) mass is 118 g/mol. The molecule has 0 saturated carbocycles. The van der Waals surface area contributed by atoms with E-state index in [1.165, 1.54) is 5.54 Å². The molecule has 7 heavy (non-hydrogen) atoms. The molecule has 0 aliphatic carbocycles. The highest BCUT2D eigenvalue weighted by atomic mass is 35.5. The molecule has 0 amide bonds. The fourth-order valence-corrected chi connectivity index (χ4v) is 0.510. The molecule has 1 heterocycles. The van der Waals surface area contributed by atoms with E-state index in [1.807, 2.05) is 6.08 Å². The van der Waals surface area contributed by atoms with E-state index >= 15 is 0 Å². The van der Waals surface area contributed by atoms with E-state index in [-0.39, 0.29) is 0 Å². The molecule has 1 rings (SSSR count). The fourth-order valence-electron chi connectivity index (χ4n) is 0.407. The molecule has 0 aromatic carbocycles. The molecule has 1 saturated heterocycles. The lowest BCUT2D eigenvalue weighted by Crippen LogP contribution is -1.76. The van der Waals surface area contributed by atoms with Crippen molar-refractivity contribution < 1.29 is 4.74 Å². The van der Waals surface area contributed by atoms with Gasteiger partial charge >= 0.3 is 0 Å². The highest BCUT2D eigenvalue weighted by Gasteiger charge is 2.19. The van der Waals surface area contributed by atoms with E-state index in [4.69, 9.17) is 16.3 Å². The van der Waals surface area contributed by atoms with E-state index in [0.29, 0.717) is 6.10 Å². The van der Waals surface area contributed by atoms with Gasteiger partial charge in [0, 0.05) is 5.54 Å². The van der Waals surface area contributed by atoms with Crippen LogP contribution in [-0.4, -0.2) is 12.7 Å². The van der Waals surface area contributed by atoms with Gasteiger partial charge in [-0.2, -0.15) is 0 Å². The second-order valence-electron chi connectivity index (χ2n) is 1.55. The molecule has 0 radical (unpaired) electrons. The lowest BCUT2D eigenvalue weighted by molar-refractivity contribution is 0.410. The van der Waals surface area contributed by atoms with E-state index in [2.05, 4.69) is 0 Å². The van der Waals surface area contributed by atoms with Crippen LogP contribution in [0.5, 0.6) is 0 Å². The van der Waals surface area contributed by atoms with Gasteiger partial charge in [0.05, 0.1) is 12.7 Å². The van der Waals surface area contributed by atoms with Gasteiger partial charge in [-0.05, 0) is 6.42 Å². The Hall–Kier alpha value is -0.0100. The maximum atomic E-state index is 5.24. The van der Waals surface area contributed by atoms with E-state index in [1.54, 1.807) is 0 Å². The first-order valence-electron chi connectivity index (χ1n) is 2.30. The lowest BCUT2D eigenvalue weighted by atomic mass is 10.3. The van der Waals surface area contributed by atoms with Crippen molar-refractivity contribution in [3.8, 4) is 0 Å². The van der Waals surface area contributed by atoms with Crippen LogP contribution in [0.1, 0.15) is 6.42 Å². The number of epoxide rings is 1. The Kier molecular flexibility index (Phi) is 1.71. The van der Waals surface area contributed by atoms with Crippen molar-refractivity contribution in [3.63, 3.8) is 0 Å². The summed E-state index contributed by atoms with van der Waals surface area (Å²) in [6, 6.07) is 0. The van der Waals surface area contributed by atoms with Gasteiger partial charge in [0.15, 0.2) is 0 Å². The molecule has 1 nitrogen and oxygen atoms in total. The Morgan fingerprint density at radius 3 is 3.00 bits per heavy atom. The minimum Gasteiger partial charge on any atom is -0.373 e. The maximum Gasteiger partial charge on any atom is 0.0844 e. The third-order valence-electron chi connectivity index (χ3n) is 0.890. The Morgan fingerprint density at radius 2 is 2.57 bits per heavy atom. The Bertz CT molecular complexity index is 76.1. The normalized spacial score (nSPS) is 29.0. The van der Waals surface area contributed by atoms with Crippen LogP contribution in [0, 0.1) is 0 Å². The van der Waals surface area contributed by atoms with E-state index < -0.39 is 0 Å². The van der Waals surface area contributed by atoms with Crippen LogP contribution < -0.4 is 0 Å². The first-order chi connectivity index (χ1) is 3.43. The van der Waals surface area contributed by atoms with Gasteiger partial charge in [0.2, 0.25) is 0 Å². The topological polar surface area (TPSA) is 12.5 Å². The summed E-state index contributed by atoms with van der Waals surface area (Å²) in [4.78, 5) is 0. The number of rotatable bonds is 2. The summed E-state index contributed by atoms with van der Waals surface area (Å²) >= 11 is 5.24. The SMILES string of the molecule is Cl/C=C/CC1CO1. The fraction of sp³-hybridized carbons (Fsp3) is 0.600. The molecule has 0 spiro atoms. The molecular formula is C5H7ClO. The van der Waals surface area contributed by atoms with Gasteiger partial charge in [-0.1, -0.05) is 17.7 Å². The number of ether oxygens (including phenoxy) is 1. The van der Waals surface area contributed by atoms with Crippen LogP contribution in [0.25, 0.3) is 0 Å². The molecule has 40 valence electrons. The summed E-state index contributed by atoms with van der Waals surface area (Å²) < 4.78 is 4.90. The zero-order valence-corrected chi connectivity index (χ0v) is 4.69. The molecule has 0 N–H and O–H groups in total. The summed E-state index contributed by atoms with van der Waals surface area (Å²) in [5.41, 5.74) is 1.53. The minimum atomic E-state index is 0.481. The largest absolute Gasteiger partial charge is 0.373 e. The molecule has 1 unspecified atom stereocenters. The van der Waals surface area contributed by atoms with Gasteiger partial charge in [-0.25, -0.2) is 0 Å². The predicted octanol–water partition coefficient (Wildman–Crippen LogP) is 1.53. The van der Waals surface area contributed by atoms with Crippen LogP contribution in [0.15, 0.2) is 11.6 Å². The van der Waals surface area contributed by atoms with Crippen molar-refractivity contribution in [2.24, 2.45) is 0 Å². The second-order valence-corrected chi connectivity index (χ2v) is 1.80. The van der Waals surface area contributed by atoms with Gasteiger partial charge in [-0.15, -0.1) is 0 Å². The van der Waals surface area contributed by atoms with Crippen molar-refractivity contribution in [2.75, 3.05) is 6.61 Å². The molecule has 0 aromatic rings. The van der Waals surface area contributed by atoms with Crippen molar-refractivity contribution >= 4 is 11.6 Å². The number of halogens is 1. The minimum absolute atomic E-state index is 0.481. The van der Waals surface area contributed by atoms with Gasteiger partial charge in [0.25, 0.3) is 0 Å². The van der Waals surface area contributed by atoms with Gasteiger partial charge in [0.1, 0.15) is 0 Å². The summed E-state index contributed by atoms with van der Waals surface area (Å²) in [6.07, 6.45) is 3.36. The first kappa shape index (κ1) is 5.13. The van der Waals surface area contributed by atoms with Gasteiger partial charge < -0.3 is 4.74 Å². The average Bonchev–Trinajstić information content (AvgIpc) is 2.42. The molecule has 2 heteroatoms.